The van der Waals surface area contributed by atoms with Gasteiger partial charge in [-0.1, -0.05) is 13.0 Å². The van der Waals surface area contributed by atoms with Crippen molar-refractivity contribution in [1.82, 2.24) is 9.88 Å². The van der Waals surface area contributed by atoms with Crippen LogP contribution in [0.15, 0.2) is 18.2 Å². The first-order chi connectivity index (χ1) is 10.0. The van der Waals surface area contributed by atoms with Gasteiger partial charge >= 0.3 is 0 Å². The van der Waals surface area contributed by atoms with Crippen LogP contribution in [0.25, 0.3) is 0 Å². The highest BCUT2D eigenvalue weighted by Crippen LogP contribution is 2.23. The minimum Gasteiger partial charge on any atom is -0.363 e. The lowest BCUT2D eigenvalue weighted by molar-refractivity contribution is -0.135. The standard InChI is InChI=1S/C14H20N4O2S/c1-4-13(19)18-9-21-8-10(18)14(20)16-11-6-5-7-12(15-11)17(2)3/h5-7,10H,4,8-9H2,1-3H3,(H,15,16,20)/t10-/m1/s1. The zero-order valence-corrected chi connectivity index (χ0v) is 13.3. The zero-order chi connectivity index (χ0) is 15.4. The van der Waals surface area contributed by atoms with Crippen molar-refractivity contribution in [1.29, 1.82) is 0 Å². The second-order valence-electron chi connectivity index (χ2n) is 5.00. The Labute approximate surface area is 128 Å². The first-order valence-electron chi connectivity index (χ1n) is 6.85. The van der Waals surface area contributed by atoms with Crippen molar-refractivity contribution in [2.45, 2.75) is 19.4 Å². The SMILES string of the molecule is CCC(=O)N1CSC[C@@H]1C(=O)Nc1cccc(N(C)C)n1. The van der Waals surface area contributed by atoms with Crippen LogP contribution in [0.3, 0.4) is 0 Å². The van der Waals surface area contributed by atoms with E-state index in [9.17, 15) is 9.59 Å². The summed E-state index contributed by atoms with van der Waals surface area (Å²) in [6.07, 6.45) is 0.415. The third-order valence-corrected chi connectivity index (χ3v) is 4.26. The summed E-state index contributed by atoms with van der Waals surface area (Å²) in [6.45, 7) is 1.81. The Kier molecular flexibility index (Phi) is 5.06. The predicted molar refractivity (Wildman–Crippen MR) is 85.4 cm³/mol. The molecule has 1 fully saturated rings. The number of carbonyl (C=O) groups is 2. The quantitative estimate of drug-likeness (QED) is 0.911. The molecule has 2 rings (SSSR count). The Hall–Kier alpha value is -1.76. The van der Waals surface area contributed by atoms with E-state index in [1.165, 1.54) is 0 Å². The molecule has 114 valence electrons. The van der Waals surface area contributed by atoms with Gasteiger partial charge in [-0.3, -0.25) is 9.59 Å². The van der Waals surface area contributed by atoms with Crippen molar-refractivity contribution in [2.75, 3.05) is 35.9 Å². The average Bonchev–Trinajstić information content (AvgIpc) is 2.96. The van der Waals surface area contributed by atoms with E-state index in [1.54, 1.807) is 22.7 Å². The number of nitrogens with one attached hydrogen (secondary N) is 1. The number of hydrogen-bond donors (Lipinski definition) is 1. The molecule has 1 aromatic rings. The van der Waals surface area contributed by atoms with Crippen molar-refractivity contribution >= 4 is 35.2 Å². The monoisotopic (exact) mass is 308 g/mol. The third-order valence-electron chi connectivity index (χ3n) is 3.25. The molecule has 0 spiro atoms. The molecule has 21 heavy (non-hydrogen) atoms. The lowest BCUT2D eigenvalue weighted by Gasteiger charge is -2.22. The molecule has 0 aromatic carbocycles. The molecule has 7 heteroatoms. The van der Waals surface area contributed by atoms with Crippen molar-refractivity contribution in [3.63, 3.8) is 0 Å². The maximum absolute atomic E-state index is 12.4. The van der Waals surface area contributed by atoms with Gasteiger partial charge in [0.15, 0.2) is 0 Å². The highest BCUT2D eigenvalue weighted by Gasteiger charge is 2.33. The van der Waals surface area contributed by atoms with Crippen LogP contribution in [0.4, 0.5) is 11.6 Å². The first-order valence-corrected chi connectivity index (χ1v) is 8.01. The lowest BCUT2D eigenvalue weighted by atomic mass is 10.2. The van der Waals surface area contributed by atoms with Gasteiger partial charge in [0.2, 0.25) is 11.8 Å². The normalized spacial score (nSPS) is 17.7. The molecule has 1 saturated heterocycles. The zero-order valence-electron chi connectivity index (χ0n) is 12.5. The van der Waals surface area contributed by atoms with Gasteiger partial charge in [-0.2, -0.15) is 0 Å². The van der Waals surface area contributed by atoms with E-state index in [2.05, 4.69) is 10.3 Å². The van der Waals surface area contributed by atoms with E-state index in [4.69, 9.17) is 0 Å². The Morgan fingerprint density at radius 1 is 1.48 bits per heavy atom. The van der Waals surface area contributed by atoms with Crippen LogP contribution in [0.2, 0.25) is 0 Å². The van der Waals surface area contributed by atoms with E-state index in [1.807, 2.05) is 38.1 Å². The molecule has 0 bridgehead atoms. The maximum atomic E-state index is 12.4. The Balaban J connectivity index is 2.07. The molecule has 1 atom stereocenters. The predicted octanol–water partition coefficient (Wildman–Crippen LogP) is 1.40. The highest BCUT2D eigenvalue weighted by molar-refractivity contribution is 7.99. The molecule has 1 aliphatic rings. The Morgan fingerprint density at radius 3 is 2.90 bits per heavy atom. The molecule has 0 aliphatic carbocycles. The summed E-state index contributed by atoms with van der Waals surface area (Å²) in [6, 6.07) is 5.05. The van der Waals surface area contributed by atoms with E-state index in [0.717, 1.165) is 5.82 Å². The number of thioether (sulfide) groups is 1. The minimum atomic E-state index is -0.410. The van der Waals surface area contributed by atoms with Crippen LogP contribution in [0.5, 0.6) is 0 Å². The molecule has 2 heterocycles. The summed E-state index contributed by atoms with van der Waals surface area (Å²) in [4.78, 5) is 32.1. The van der Waals surface area contributed by atoms with Gasteiger partial charge in [-0.15, -0.1) is 11.8 Å². The van der Waals surface area contributed by atoms with E-state index >= 15 is 0 Å². The number of nitrogens with zero attached hydrogens (tertiary/aromatic N) is 3. The number of anilines is 2. The minimum absolute atomic E-state index is 0.00940. The molecule has 6 nitrogen and oxygen atoms in total. The van der Waals surface area contributed by atoms with Gasteiger partial charge in [0.25, 0.3) is 0 Å². The van der Waals surface area contributed by atoms with Crippen LogP contribution in [-0.2, 0) is 9.59 Å². The molecule has 2 amide bonds. The molecule has 1 aliphatic heterocycles. The van der Waals surface area contributed by atoms with Crippen molar-refractivity contribution in [3.8, 4) is 0 Å². The summed E-state index contributed by atoms with van der Waals surface area (Å²) >= 11 is 1.60. The van der Waals surface area contributed by atoms with Crippen molar-refractivity contribution in [3.05, 3.63) is 18.2 Å². The molecule has 0 saturated carbocycles. The van der Waals surface area contributed by atoms with Crippen molar-refractivity contribution in [2.24, 2.45) is 0 Å². The van der Waals surface area contributed by atoms with E-state index in [0.29, 0.717) is 23.9 Å². The number of rotatable bonds is 4. The highest BCUT2D eigenvalue weighted by atomic mass is 32.2. The van der Waals surface area contributed by atoms with Gasteiger partial charge in [0.05, 0.1) is 5.88 Å². The molecule has 1 aromatic heterocycles. The fourth-order valence-electron chi connectivity index (χ4n) is 2.06. The molecule has 1 N–H and O–H groups in total. The van der Waals surface area contributed by atoms with E-state index in [-0.39, 0.29) is 11.8 Å². The van der Waals surface area contributed by atoms with Crippen LogP contribution in [-0.4, -0.2) is 53.5 Å². The van der Waals surface area contributed by atoms with Gasteiger partial charge in [0.1, 0.15) is 17.7 Å². The second kappa shape index (κ2) is 6.80. The number of carbonyl (C=O) groups excluding carboxylic acids is 2. The smallest absolute Gasteiger partial charge is 0.249 e. The van der Waals surface area contributed by atoms with Crippen LogP contribution >= 0.6 is 11.8 Å². The Morgan fingerprint density at radius 2 is 2.24 bits per heavy atom. The first kappa shape index (κ1) is 15.6. The summed E-state index contributed by atoms with van der Waals surface area (Å²) in [5.74, 6) is 2.32. The second-order valence-corrected chi connectivity index (χ2v) is 6.00. The largest absolute Gasteiger partial charge is 0.363 e. The number of amides is 2. The van der Waals surface area contributed by atoms with Gasteiger partial charge in [0, 0.05) is 26.3 Å². The summed E-state index contributed by atoms with van der Waals surface area (Å²) < 4.78 is 0. The maximum Gasteiger partial charge on any atom is 0.249 e. The molecular formula is C14H20N4O2S. The topological polar surface area (TPSA) is 65.5 Å². The molecular weight excluding hydrogens is 288 g/mol. The fourth-order valence-corrected chi connectivity index (χ4v) is 3.24. The summed E-state index contributed by atoms with van der Waals surface area (Å²) in [7, 11) is 3.78. The van der Waals surface area contributed by atoms with Crippen LogP contribution in [0, 0.1) is 0 Å². The fraction of sp³-hybridized carbons (Fsp3) is 0.500. The van der Waals surface area contributed by atoms with Gasteiger partial charge in [-0.25, -0.2) is 4.98 Å². The van der Waals surface area contributed by atoms with Crippen LogP contribution < -0.4 is 10.2 Å². The Bertz CT molecular complexity index is 535. The number of pyridine rings is 1. The molecule has 0 radical (unpaired) electrons. The lowest BCUT2D eigenvalue weighted by Crippen LogP contribution is -2.44. The summed E-state index contributed by atoms with van der Waals surface area (Å²) in [5, 5.41) is 2.80. The average molecular weight is 308 g/mol. The summed E-state index contributed by atoms with van der Waals surface area (Å²) in [5.41, 5.74) is 0. The molecule has 0 unspecified atom stereocenters. The van der Waals surface area contributed by atoms with Crippen LogP contribution in [0.1, 0.15) is 13.3 Å². The van der Waals surface area contributed by atoms with Crippen molar-refractivity contribution < 1.29 is 9.59 Å². The van der Waals surface area contributed by atoms with Gasteiger partial charge in [-0.05, 0) is 12.1 Å². The van der Waals surface area contributed by atoms with Gasteiger partial charge < -0.3 is 15.1 Å². The number of hydrogen-bond acceptors (Lipinski definition) is 5. The van der Waals surface area contributed by atoms with E-state index < -0.39 is 6.04 Å². The third kappa shape index (κ3) is 3.66. The number of aromatic nitrogens is 1.